The third-order valence-corrected chi connectivity index (χ3v) is 3.37. The van der Waals surface area contributed by atoms with Gasteiger partial charge < -0.3 is 10.5 Å². The lowest BCUT2D eigenvalue weighted by Gasteiger charge is -2.16. The molecule has 5 heteroatoms. The number of hydrogen-bond donors (Lipinski definition) is 2. The molecule has 1 aromatic heterocycles. The molecule has 112 valence electrons. The molecule has 1 unspecified atom stereocenters. The molecule has 0 aliphatic heterocycles. The van der Waals surface area contributed by atoms with E-state index in [9.17, 15) is 0 Å². The van der Waals surface area contributed by atoms with Crippen LogP contribution < -0.4 is 10.5 Å². The summed E-state index contributed by atoms with van der Waals surface area (Å²) >= 11 is 0. The van der Waals surface area contributed by atoms with Crippen molar-refractivity contribution in [2.45, 2.75) is 53.4 Å². The van der Waals surface area contributed by atoms with Crippen molar-refractivity contribution >= 4 is 5.84 Å². The molecule has 0 fully saturated rings. The molecule has 20 heavy (non-hydrogen) atoms. The second kappa shape index (κ2) is 7.82. The highest BCUT2D eigenvalue weighted by Gasteiger charge is 2.18. The van der Waals surface area contributed by atoms with Gasteiger partial charge in [0.25, 0.3) is 0 Å². The topological polar surface area (TPSA) is 84.9 Å². The van der Waals surface area contributed by atoms with Gasteiger partial charge in [-0.25, -0.2) is 0 Å². The molecule has 0 spiro atoms. The monoisotopic (exact) mass is 278 g/mol. The molecule has 0 bridgehead atoms. The van der Waals surface area contributed by atoms with Gasteiger partial charge in [0, 0.05) is 0 Å². The fraction of sp³-hybridized carbons (Fsp3) is 0.667. The second-order valence-electron chi connectivity index (χ2n) is 5.13. The van der Waals surface area contributed by atoms with Crippen molar-refractivity contribution in [2.24, 2.45) is 11.7 Å². The van der Waals surface area contributed by atoms with Gasteiger partial charge in [-0.3, -0.25) is 5.41 Å². The van der Waals surface area contributed by atoms with Crippen LogP contribution in [0.3, 0.4) is 0 Å². The van der Waals surface area contributed by atoms with Gasteiger partial charge in [-0.15, -0.1) is 5.10 Å². The first-order valence-electron chi connectivity index (χ1n) is 7.40. The Morgan fingerprint density at radius 3 is 2.45 bits per heavy atom. The highest BCUT2D eigenvalue weighted by atomic mass is 16.5. The Morgan fingerprint density at radius 1 is 1.25 bits per heavy atom. The molecule has 0 aromatic carbocycles. The van der Waals surface area contributed by atoms with Gasteiger partial charge in [0.05, 0.1) is 17.9 Å². The number of aromatic nitrogens is 2. The smallest absolute Gasteiger partial charge is 0.244 e. The molecule has 1 rings (SSSR count). The van der Waals surface area contributed by atoms with Crippen LogP contribution in [0.2, 0.25) is 0 Å². The van der Waals surface area contributed by atoms with Crippen molar-refractivity contribution in [1.29, 1.82) is 5.41 Å². The van der Waals surface area contributed by atoms with Gasteiger partial charge in [-0.05, 0) is 30.7 Å². The van der Waals surface area contributed by atoms with E-state index < -0.39 is 0 Å². The summed E-state index contributed by atoms with van der Waals surface area (Å²) in [6.07, 6.45) is 3.79. The van der Waals surface area contributed by atoms with Crippen LogP contribution >= 0.6 is 0 Å². The average molecular weight is 278 g/mol. The second-order valence-corrected chi connectivity index (χ2v) is 5.13. The van der Waals surface area contributed by atoms with E-state index in [0.29, 0.717) is 24.0 Å². The van der Waals surface area contributed by atoms with E-state index in [1.165, 1.54) is 0 Å². The summed E-state index contributed by atoms with van der Waals surface area (Å²) in [5, 5.41) is 16.1. The van der Waals surface area contributed by atoms with E-state index in [1.54, 1.807) is 0 Å². The summed E-state index contributed by atoms with van der Waals surface area (Å²) in [6.45, 7) is 8.94. The Kier molecular flexibility index (Phi) is 6.42. The maximum absolute atomic E-state index is 7.79. The normalized spacial score (nSPS) is 12.2. The average Bonchev–Trinajstić information content (AvgIpc) is 2.43. The quantitative estimate of drug-likeness (QED) is 0.565. The molecule has 0 radical (unpaired) electrons. The van der Waals surface area contributed by atoms with Crippen molar-refractivity contribution < 1.29 is 4.74 Å². The van der Waals surface area contributed by atoms with E-state index in [2.05, 4.69) is 24.0 Å². The minimum Gasteiger partial charge on any atom is -0.476 e. The number of aryl methyl sites for hydroxylation is 1. The molecule has 1 atom stereocenters. The van der Waals surface area contributed by atoms with E-state index >= 15 is 0 Å². The summed E-state index contributed by atoms with van der Waals surface area (Å²) in [6, 6.07) is 0. The maximum atomic E-state index is 7.79. The lowest BCUT2D eigenvalue weighted by atomic mass is 10.0. The van der Waals surface area contributed by atoms with Gasteiger partial charge >= 0.3 is 0 Å². The summed E-state index contributed by atoms with van der Waals surface area (Å²) in [4.78, 5) is 0. The molecule has 5 nitrogen and oxygen atoms in total. The molecule has 3 N–H and O–H groups in total. The number of nitrogens with one attached hydrogen (secondary N) is 1. The molecular weight excluding hydrogens is 252 g/mol. The number of nitrogens with zero attached hydrogens (tertiary/aromatic N) is 2. The van der Waals surface area contributed by atoms with Gasteiger partial charge in [-0.1, -0.05) is 34.1 Å². The van der Waals surface area contributed by atoms with Crippen LogP contribution in [-0.2, 0) is 12.8 Å². The molecular formula is C15H26N4O. The van der Waals surface area contributed by atoms with Crippen LogP contribution in [0.1, 0.15) is 57.4 Å². The van der Waals surface area contributed by atoms with Crippen LogP contribution in [-0.4, -0.2) is 22.6 Å². The van der Waals surface area contributed by atoms with Gasteiger partial charge in [0.2, 0.25) is 5.88 Å². The summed E-state index contributed by atoms with van der Waals surface area (Å²) in [5.41, 5.74) is 8.20. The zero-order chi connectivity index (χ0) is 15.1. The van der Waals surface area contributed by atoms with E-state index in [1.807, 2.05) is 13.8 Å². The number of amidine groups is 1. The van der Waals surface area contributed by atoms with E-state index in [4.69, 9.17) is 15.9 Å². The molecule has 0 saturated heterocycles. The van der Waals surface area contributed by atoms with Crippen LogP contribution in [0.4, 0.5) is 0 Å². The molecule has 0 aliphatic rings. The third-order valence-electron chi connectivity index (χ3n) is 3.37. The zero-order valence-corrected chi connectivity index (χ0v) is 13.0. The Labute approximate surface area is 121 Å². The maximum Gasteiger partial charge on any atom is 0.244 e. The van der Waals surface area contributed by atoms with Crippen LogP contribution in [0, 0.1) is 11.3 Å². The predicted molar refractivity (Wildman–Crippen MR) is 81.4 cm³/mol. The number of nitrogen functional groups attached to an aromatic ring is 1. The Bertz CT molecular complexity index is 459. The largest absolute Gasteiger partial charge is 0.476 e. The lowest BCUT2D eigenvalue weighted by molar-refractivity contribution is 0.239. The molecule has 1 heterocycles. The van der Waals surface area contributed by atoms with E-state index in [0.717, 1.165) is 36.9 Å². The molecule has 0 aliphatic carbocycles. The van der Waals surface area contributed by atoms with Crippen molar-refractivity contribution in [3.8, 4) is 5.88 Å². The van der Waals surface area contributed by atoms with Gasteiger partial charge in [-0.2, -0.15) is 5.10 Å². The van der Waals surface area contributed by atoms with Crippen molar-refractivity contribution in [3.63, 3.8) is 0 Å². The first-order valence-corrected chi connectivity index (χ1v) is 7.40. The Hall–Kier alpha value is -1.65. The highest BCUT2D eigenvalue weighted by molar-refractivity contribution is 5.98. The third kappa shape index (κ3) is 3.92. The molecule has 1 aromatic rings. The Morgan fingerprint density at radius 2 is 1.95 bits per heavy atom. The van der Waals surface area contributed by atoms with Crippen LogP contribution in [0.25, 0.3) is 0 Å². The SMILES string of the molecule is CCCC(C)COc1nnc(CC)c(CC)c1C(=N)N. The summed E-state index contributed by atoms with van der Waals surface area (Å²) in [5.74, 6) is 0.858. The first-order chi connectivity index (χ1) is 9.54. The lowest BCUT2D eigenvalue weighted by Crippen LogP contribution is -2.20. The Balaban J connectivity index is 3.04. The first kappa shape index (κ1) is 16.4. The number of ether oxygens (including phenoxy) is 1. The van der Waals surface area contributed by atoms with Gasteiger partial charge in [0.1, 0.15) is 5.84 Å². The van der Waals surface area contributed by atoms with Crippen LogP contribution in [0.15, 0.2) is 0 Å². The molecule has 0 amide bonds. The number of nitrogens with two attached hydrogens (primary N) is 1. The van der Waals surface area contributed by atoms with Gasteiger partial charge in [0.15, 0.2) is 0 Å². The highest BCUT2D eigenvalue weighted by Crippen LogP contribution is 2.23. The van der Waals surface area contributed by atoms with Crippen LogP contribution in [0.5, 0.6) is 5.88 Å². The number of rotatable bonds is 8. The van der Waals surface area contributed by atoms with Crippen molar-refractivity contribution in [1.82, 2.24) is 10.2 Å². The minimum absolute atomic E-state index is 0.00425. The molecule has 0 saturated carbocycles. The zero-order valence-electron chi connectivity index (χ0n) is 13.0. The fourth-order valence-corrected chi connectivity index (χ4v) is 2.33. The van der Waals surface area contributed by atoms with Crippen molar-refractivity contribution in [3.05, 3.63) is 16.8 Å². The minimum atomic E-state index is 0.00425. The van der Waals surface area contributed by atoms with Crippen molar-refractivity contribution in [2.75, 3.05) is 6.61 Å². The van der Waals surface area contributed by atoms with E-state index in [-0.39, 0.29) is 5.84 Å². The summed E-state index contributed by atoms with van der Waals surface area (Å²) in [7, 11) is 0. The number of hydrogen-bond acceptors (Lipinski definition) is 4. The standard InChI is InChI=1S/C15H26N4O/c1-5-8-10(4)9-20-15-13(14(16)17)11(6-2)12(7-3)18-19-15/h10H,5-9H2,1-4H3,(H3,16,17). The predicted octanol–water partition coefficient (Wildman–Crippen LogP) is 2.70. The fourth-order valence-electron chi connectivity index (χ4n) is 2.33. The summed E-state index contributed by atoms with van der Waals surface area (Å²) < 4.78 is 5.76.